The maximum absolute atomic E-state index is 13.1. The van der Waals surface area contributed by atoms with Gasteiger partial charge in [0.25, 0.3) is 0 Å². The number of carbonyl (C=O) groups excluding carboxylic acids is 1. The van der Waals surface area contributed by atoms with Crippen molar-refractivity contribution in [3.05, 3.63) is 52.6 Å². The molecule has 4 aliphatic rings. The summed E-state index contributed by atoms with van der Waals surface area (Å²) < 4.78 is 5.45. The average Bonchev–Trinajstić information content (AvgIpc) is 3.04. The Hall–Kier alpha value is -1.91. The Morgan fingerprint density at radius 1 is 1.12 bits per heavy atom. The van der Waals surface area contributed by atoms with Gasteiger partial charge < -0.3 is 14.7 Å². The maximum atomic E-state index is 13.1. The van der Waals surface area contributed by atoms with Crippen LogP contribution in [-0.4, -0.2) is 44.3 Å². The van der Waals surface area contributed by atoms with E-state index in [0.29, 0.717) is 18.4 Å². The second-order valence-corrected chi connectivity index (χ2v) is 11.0. The molecule has 4 aliphatic carbocycles. The molecule has 0 aromatic heterocycles. The Bertz CT molecular complexity index is 975. The van der Waals surface area contributed by atoms with E-state index < -0.39 is 5.60 Å². The number of benzene rings is 1. The summed E-state index contributed by atoms with van der Waals surface area (Å²) in [7, 11) is 5.78. The predicted molar refractivity (Wildman–Crippen MR) is 128 cm³/mol. The topological polar surface area (TPSA) is 49.8 Å². The predicted octanol–water partition coefficient (Wildman–Crippen LogP) is 5.03. The van der Waals surface area contributed by atoms with Crippen LogP contribution in [-0.2, 0) is 9.53 Å². The van der Waals surface area contributed by atoms with Crippen molar-refractivity contribution in [2.75, 3.05) is 32.7 Å². The first kappa shape index (κ1) is 21.9. The van der Waals surface area contributed by atoms with Crippen LogP contribution in [0.3, 0.4) is 0 Å². The van der Waals surface area contributed by atoms with Gasteiger partial charge in [0.15, 0.2) is 5.78 Å². The van der Waals surface area contributed by atoms with Crippen LogP contribution in [0, 0.1) is 17.3 Å². The number of hydrogen-bond donors (Lipinski definition) is 1. The van der Waals surface area contributed by atoms with E-state index in [-0.39, 0.29) is 17.1 Å². The molecule has 32 heavy (non-hydrogen) atoms. The highest BCUT2D eigenvalue weighted by atomic mass is 16.5. The number of anilines is 1. The minimum absolute atomic E-state index is 0.0708. The minimum atomic E-state index is -0.710. The van der Waals surface area contributed by atoms with Gasteiger partial charge >= 0.3 is 0 Å². The first-order chi connectivity index (χ1) is 15.3. The quantitative estimate of drug-likeness (QED) is 0.721. The Morgan fingerprint density at radius 3 is 2.56 bits per heavy atom. The number of methoxy groups -OCH3 is 1. The van der Waals surface area contributed by atoms with Gasteiger partial charge in [-0.3, -0.25) is 4.79 Å². The number of fused-ring (bicyclic) bond motifs is 4. The smallest absolute Gasteiger partial charge is 0.163 e. The lowest BCUT2D eigenvalue weighted by molar-refractivity contribution is -0.125. The third-order valence-corrected chi connectivity index (χ3v) is 9.36. The number of ketones is 1. The van der Waals surface area contributed by atoms with Gasteiger partial charge in [-0.1, -0.05) is 24.6 Å². The van der Waals surface area contributed by atoms with E-state index >= 15 is 0 Å². The largest absolute Gasteiger partial charge is 0.387 e. The third-order valence-electron chi connectivity index (χ3n) is 9.36. The van der Waals surface area contributed by atoms with E-state index in [1.807, 2.05) is 20.2 Å². The van der Waals surface area contributed by atoms with Gasteiger partial charge in [-0.25, -0.2) is 0 Å². The fourth-order valence-electron chi connectivity index (χ4n) is 7.41. The molecule has 0 saturated heterocycles. The van der Waals surface area contributed by atoms with Crippen LogP contribution in [0.4, 0.5) is 5.69 Å². The molecule has 5 rings (SSSR count). The summed E-state index contributed by atoms with van der Waals surface area (Å²) in [6.45, 7) is 2.74. The number of nitrogens with zero attached hydrogens (tertiary/aromatic N) is 1. The second-order valence-electron chi connectivity index (χ2n) is 11.0. The van der Waals surface area contributed by atoms with Gasteiger partial charge in [-0.2, -0.15) is 0 Å². The van der Waals surface area contributed by atoms with Gasteiger partial charge in [0.2, 0.25) is 0 Å². The Kier molecular flexibility index (Phi) is 5.37. The normalized spacial score (nSPS) is 36.3. The van der Waals surface area contributed by atoms with E-state index in [1.165, 1.54) is 11.1 Å². The summed E-state index contributed by atoms with van der Waals surface area (Å²) in [6.07, 6.45) is 8.86. The molecule has 2 saturated carbocycles. The van der Waals surface area contributed by atoms with Crippen molar-refractivity contribution in [2.24, 2.45) is 17.3 Å². The van der Waals surface area contributed by atoms with E-state index in [1.54, 1.807) is 12.7 Å². The molecular weight excluding hydrogens is 398 g/mol. The lowest BCUT2D eigenvalue weighted by atomic mass is 9.55. The van der Waals surface area contributed by atoms with Gasteiger partial charge in [-0.05, 0) is 91.7 Å². The Morgan fingerprint density at radius 2 is 1.88 bits per heavy atom. The molecule has 0 aliphatic heterocycles. The Labute approximate surface area is 192 Å². The zero-order valence-corrected chi connectivity index (χ0v) is 20.0. The van der Waals surface area contributed by atoms with Crippen molar-refractivity contribution in [1.82, 2.24) is 0 Å². The van der Waals surface area contributed by atoms with E-state index in [4.69, 9.17) is 4.74 Å². The summed E-state index contributed by atoms with van der Waals surface area (Å²) in [5.74, 6) is 1.24. The minimum Gasteiger partial charge on any atom is -0.387 e. The fraction of sp³-hybridized carbons (Fsp3) is 0.607. The van der Waals surface area contributed by atoms with Gasteiger partial charge in [0, 0.05) is 32.3 Å². The zero-order valence-electron chi connectivity index (χ0n) is 20.0. The van der Waals surface area contributed by atoms with Crippen molar-refractivity contribution < 1.29 is 14.6 Å². The van der Waals surface area contributed by atoms with Gasteiger partial charge in [-0.15, -0.1) is 0 Å². The fourth-order valence-corrected chi connectivity index (χ4v) is 7.41. The molecule has 1 unspecified atom stereocenters. The van der Waals surface area contributed by atoms with Gasteiger partial charge in [0.1, 0.15) is 0 Å². The van der Waals surface area contributed by atoms with Crippen LogP contribution in [0.5, 0.6) is 0 Å². The number of rotatable bonds is 4. The number of hydrogen-bond acceptors (Lipinski definition) is 4. The van der Waals surface area contributed by atoms with Crippen molar-refractivity contribution in [3.8, 4) is 0 Å². The molecule has 1 aromatic rings. The monoisotopic (exact) mass is 435 g/mol. The molecule has 4 nitrogen and oxygen atoms in total. The lowest BCUT2D eigenvalue weighted by Crippen LogP contribution is -2.52. The molecule has 0 radical (unpaired) electrons. The van der Waals surface area contributed by atoms with Crippen molar-refractivity contribution in [1.29, 1.82) is 0 Å². The molecule has 172 valence electrons. The molecule has 0 heterocycles. The summed E-state index contributed by atoms with van der Waals surface area (Å²) in [5, 5.41) is 11.5. The molecule has 1 N–H and O–H groups in total. The highest BCUT2D eigenvalue weighted by molar-refractivity contribution is 5.98. The van der Waals surface area contributed by atoms with E-state index in [0.717, 1.165) is 56.2 Å². The van der Waals surface area contributed by atoms with Crippen molar-refractivity contribution in [2.45, 2.75) is 63.4 Å². The van der Waals surface area contributed by atoms with E-state index in [9.17, 15) is 9.90 Å². The van der Waals surface area contributed by atoms with E-state index in [2.05, 4.69) is 36.1 Å². The van der Waals surface area contributed by atoms with Crippen LogP contribution in [0.25, 0.3) is 0 Å². The Balaban J connectivity index is 1.46. The second kappa shape index (κ2) is 7.85. The number of ether oxygens (including phenoxy) is 1. The van der Waals surface area contributed by atoms with Gasteiger partial charge in [0.05, 0.1) is 18.1 Å². The van der Waals surface area contributed by atoms with Crippen molar-refractivity contribution >= 4 is 11.5 Å². The summed E-state index contributed by atoms with van der Waals surface area (Å²) in [6, 6.07) is 8.49. The van der Waals surface area contributed by atoms with Crippen LogP contribution in [0.2, 0.25) is 0 Å². The molecule has 4 heteroatoms. The standard InChI is InChI=1S/C28H37NO3/c1-27-13-11-21-22(25(27)12-14-28(27,31)17-32-4)10-7-19-15-26(30)24(16-23(19)21)18-5-8-20(9-6-18)29(2)3/h5-6,8-9,15,22,24-25,31H,7,10-14,16-17H2,1-4H3/t22-,24?,25+,27+,28-/m1/s1. The first-order valence-electron chi connectivity index (χ1n) is 12.2. The molecule has 0 bridgehead atoms. The van der Waals surface area contributed by atoms with Crippen molar-refractivity contribution in [3.63, 3.8) is 0 Å². The van der Waals surface area contributed by atoms with Crippen LogP contribution < -0.4 is 4.90 Å². The zero-order chi connectivity index (χ0) is 22.7. The highest BCUT2D eigenvalue weighted by Crippen LogP contribution is 2.63. The average molecular weight is 436 g/mol. The molecule has 0 spiro atoms. The molecular formula is C28H37NO3. The van der Waals surface area contributed by atoms with Crippen LogP contribution in [0.15, 0.2) is 47.1 Å². The molecule has 0 amide bonds. The number of allylic oxidation sites excluding steroid dienone is 4. The third kappa shape index (κ3) is 3.21. The summed E-state index contributed by atoms with van der Waals surface area (Å²) >= 11 is 0. The SMILES string of the molecule is COC[C@]1(O)CC[C@H]2[C@@H]3CCC4=CC(=O)C(c5ccc(N(C)C)cc5)CC4=C3CC[C@@]21C. The summed E-state index contributed by atoms with van der Waals surface area (Å²) in [5.41, 5.74) is 5.84. The first-order valence-corrected chi connectivity index (χ1v) is 12.2. The molecule has 2 fully saturated rings. The highest BCUT2D eigenvalue weighted by Gasteiger charge is 2.60. The van der Waals surface area contributed by atoms with Crippen LogP contribution >= 0.6 is 0 Å². The molecule has 1 aromatic carbocycles. The number of carbonyl (C=O) groups is 1. The molecule has 5 atom stereocenters. The number of aliphatic hydroxyl groups is 1. The van der Waals surface area contributed by atoms with Crippen LogP contribution in [0.1, 0.15) is 63.4 Å². The summed E-state index contributed by atoms with van der Waals surface area (Å²) in [4.78, 5) is 15.2. The maximum Gasteiger partial charge on any atom is 0.163 e. The lowest BCUT2D eigenvalue weighted by Gasteiger charge is -2.52.